The lowest BCUT2D eigenvalue weighted by atomic mass is 9.92. The van der Waals surface area contributed by atoms with Gasteiger partial charge in [0.05, 0.1) is 6.33 Å². The molecule has 3 heteroatoms. The topological polar surface area (TPSA) is 28.7 Å². The molecule has 0 amide bonds. The van der Waals surface area contributed by atoms with Crippen molar-refractivity contribution in [2.45, 2.75) is 13.3 Å². The average Bonchev–Trinajstić information content (AvgIpc) is 3.12. The van der Waals surface area contributed by atoms with Gasteiger partial charge in [-0.25, -0.2) is 4.98 Å². The Bertz CT molecular complexity index is 632. The van der Waals surface area contributed by atoms with Crippen LogP contribution in [0.2, 0.25) is 0 Å². The highest BCUT2D eigenvalue weighted by atomic mass is 14.8. The molecule has 0 spiro atoms. The molecule has 0 fully saturated rings. The molecule has 3 aromatic rings. The van der Waals surface area contributed by atoms with Gasteiger partial charge < -0.3 is 4.98 Å². The molecule has 0 aliphatic carbocycles. The van der Waals surface area contributed by atoms with Gasteiger partial charge in [0, 0.05) is 11.9 Å². The molecule has 0 aliphatic rings. The summed E-state index contributed by atoms with van der Waals surface area (Å²) in [5, 5.41) is 0. The standard InChI is InChI=1S/C14H11B.C5H8N2/c15-11-14(12-7-3-1-4-8-12)13-9-5-2-6-10-13;1-2-5-3-6-4-7-5/h1-11H;3-4H,2H2,1H3,(H,6,7). The summed E-state index contributed by atoms with van der Waals surface area (Å²) in [5.41, 5.74) is 4.55. The molecule has 1 aromatic heterocycles. The number of benzene rings is 2. The van der Waals surface area contributed by atoms with E-state index in [1.807, 2.05) is 42.6 Å². The van der Waals surface area contributed by atoms with Gasteiger partial charge in [-0.15, -0.1) is 5.98 Å². The first kappa shape index (κ1) is 15.8. The van der Waals surface area contributed by atoms with Crippen LogP contribution in [-0.2, 0) is 6.42 Å². The molecule has 108 valence electrons. The fourth-order valence-electron chi connectivity index (χ4n) is 2.07. The number of aromatic nitrogens is 2. The van der Waals surface area contributed by atoms with E-state index in [1.54, 1.807) is 12.3 Å². The maximum absolute atomic E-state index is 5.67. The molecule has 0 bridgehead atoms. The Morgan fingerprint density at radius 2 is 1.55 bits per heavy atom. The molecule has 2 aromatic carbocycles. The first-order valence-electron chi connectivity index (χ1n) is 7.35. The molecular weight excluding hydrogens is 267 g/mol. The van der Waals surface area contributed by atoms with Crippen molar-refractivity contribution in [3.05, 3.63) is 96.0 Å². The molecule has 0 aliphatic heterocycles. The van der Waals surface area contributed by atoms with Crippen LogP contribution in [0.3, 0.4) is 0 Å². The van der Waals surface area contributed by atoms with Crippen LogP contribution in [-0.4, -0.2) is 17.8 Å². The average molecular weight is 286 g/mol. The van der Waals surface area contributed by atoms with Gasteiger partial charge >= 0.3 is 0 Å². The maximum Gasteiger partial charge on any atom is 0.103 e. The number of imidazole rings is 1. The second-order valence-electron chi connectivity index (χ2n) is 4.74. The van der Waals surface area contributed by atoms with E-state index in [0.717, 1.165) is 23.1 Å². The van der Waals surface area contributed by atoms with Crippen molar-refractivity contribution in [1.29, 1.82) is 0 Å². The first-order valence-corrected chi connectivity index (χ1v) is 7.35. The van der Waals surface area contributed by atoms with Crippen LogP contribution in [0.1, 0.15) is 23.7 Å². The second-order valence-corrected chi connectivity index (χ2v) is 4.74. The Labute approximate surface area is 133 Å². The Kier molecular flexibility index (Phi) is 6.25. The monoisotopic (exact) mass is 286 g/mol. The van der Waals surface area contributed by atoms with Gasteiger partial charge in [-0.2, -0.15) is 0 Å². The Balaban J connectivity index is 0.000000211. The van der Waals surface area contributed by atoms with Crippen LogP contribution < -0.4 is 0 Å². The lowest BCUT2D eigenvalue weighted by Gasteiger charge is -2.07. The van der Waals surface area contributed by atoms with E-state index in [-0.39, 0.29) is 0 Å². The van der Waals surface area contributed by atoms with Crippen LogP contribution in [0.25, 0.3) is 5.57 Å². The van der Waals surface area contributed by atoms with Crippen molar-refractivity contribution in [1.82, 2.24) is 9.97 Å². The molecule has 0 saturated carbocycles. The zero-order chi connectivity index (χ0) is 15.6. The molecule has 0 unspecified atom stereocenters. The minimum atomic E-state index is 1.04. The molecule has 3 rings (SSSR count). The summed E-state index contributed by atoms with van der Waals surface area (Å²) < 4.78 is 0. The van der Waals surface area contributed by atoms with Crippen molar-refractivity contribution >= 4 is 13.4 Å². The highest BCUT2D eigenvalue weighted by molar-refractivity contribution is 6.21. The molecular formula is C19H19BN2. The fraction of sp³-hybridized carbons (Fsp3) is 0.105. The van der Waals surface area contributed by atoms with Gasteiger partial charge in [0.2, 0.25) is 0 Å². The van der Waals surface area contributed by atoms with E-state index in [9.17, 15) is 0 Å². The highest BCUT2D eigenvalue weighted by Gasteiger charge is 2.01. The predicted octanol–water partition coefficient (Wildman–Crippen LogP) is 4.22. The molecule has 22 heavy (non-hydrogen) atoms. The summed E-state index contributed by atoms with van der Waals surface area (Å²) >= 11 is 0. The first-order chi connectivity index (χ1) is 10.8. The van der Waals surface area contributed by atoms with Crippen LogP contribution >= 0.6 is 0 Å². The fourth-order valence-corrected chi connectivity index (χ4v) is 2.07. The second kappa shape index (κ2) is 8.68. The van der Waals surface area contributed by atoms with E-state index in [2.05, 4.69) is 41.2 Å². The minimum Gasteiger partial charge on any atom is -0.349 e. The molecule has 2 radical (unpaired) electrons. The third-order valence-corrected chi connectivity index (χ3v) is 3.27. The summed E-state index contributed by atoms with van der Waals surface area (Å²) in [6, 6.07) is 20.3. The Morgan fingerprint density at radius 1 is 1.00 bits per heavy atom. The number of aryl methyl sites for hydroxylation is 1. The van der Waals surface area contributed by atoms with Crippen LogP contribution in [0.4, 0.5) is 0 Å². The third kappa shape index (κ3) is 4.49. The van der Waals surface area contributed by atoms with Crippen molar-refractivity contribution in [3.8, 4) is 0 Å². The molecule has 1 N–H and O–H groups in total. The number of H-pyrrole nitrogens is 1. The number of nitrogens with zero attached hydrogens (tertiary/aromatic N) is 1. The number of rotatable bonds is 3. The van der Waals surface area contributed by atoms with Gasteiger partial charge in [-0.1, -0.05) is 67.6 Å². The Hall–Kier alpha value is -2.55. The molecule has 0 atom stereocenters. The predicted molar refractivity (Wildman–Crippen MR) is 93.7 cm³/mol. The number of hydrogen-bond acceptors (Lipinski definition) is 1. The van der Waals surface area contributed by atoms with Crippen molar-refractivity contribution in [2.75, 3.05) is 0 Å². The minimum absolute atomic E-state index is 1.04. The van der Waals surface area contributed by atoms with E-state index in [1.165, 1.54) is 5.69 Å². The summed E-state index contributed by atoms with van der Waals surface area (Å²) in [7, 11) is 5.67. The normalized spacial score (nSPS) is 9.50. The number of hydrogen-bond donors (Lipinski definition) is 1. The smallest absolute Gasteiger partial charge is 0.103 e. The van der Waals surface area contributed by atoms with Gasteiger partial charge in [0.25, 0.3) is 0 Å². The summed E-state index contributed by atoms with van der Waals surface area (Å²) in [5.74, 6) is 1.66. The Morgan fingerprint density at radius 3 is 1.86 bits per heavy atom. The van der Waals surface area contributed by atoms with Crippen molar-refractivity contribution in [2.24, 2.45) is 0 Å². The highest BCUT2D eigenvalue weighted by Crippen LogP contribution is 2.21. The van der Waals surface area contributed by atoms with E-state index >= 15 is 0 Å². The largest absolute Gasteiger partial charge is 0.349 e. The van der Waals surface area contributed by atoms with E-state index in [4.69, 9.17) is 7.85 Å². The maximum atomic E-state index is 5.67. The summed E-state index contributed by atoms with van der Waals surface area (Å²) in [6.07, 6.45) is 4.57. The summed E-state index contributed by atoms with van der Waals surface area (Å²) in [4.78, 5) is 6.81. The zero-order valence-electron chi connectivity index (χ0n) is 12.7. The van der Waals surface area contributed by atoms with Gasteiger partial charge in [-0.05, 0) is 23.1 Å². The van der Waals surface area contributed by atoms with Crippen molar-refractivity contribution < 1.29 is 0 Å². The quantitative estimate of drug-likeness (QED) is 0.718. The zero-order valence-corrected chi connectivity index (χ0v) is 12.7. The number of aromatic amines is 1. The third-order valence-electron chi connectivity index (χ3n) is 3.27. The SMILES string of the molecule is CCc1cnc[nH]1.[B]C=C(c1ccccc1)c1ccccc1. The van der Waals surface area contributed by atoms with Crippen LogP contribution in [0.5, 0.6) is 0 Å². The lowest BCUT2D eigenvalue weighted by molar-refractivity contribution is 1.06. The molecule has 0 saturated heterocycles. The number of nitrogens with one attached hydrogen (secondary N) is 1. The van der Waals surface area contributed by atoms with Crippen molar-refractivity contribution in [3.63, 3.8) is 0 Å². The van der Waals surface area contributed by atoms with Gasteiger partial charge in [0.15, 0.2) is 0 Å². The summed E-state index contributed by atoms with van der Waals surface area (Å²) in [6.45, 7) is 2.09. The lowest BCUT2D eigenvalue weighted by Crippen LogP contribution is -1.87. The van der Waals surface area contributed by atoms with E-state index in [0.29, 0.717) is 0 Å². The van der Waals surface area contributed by atoms with Crippen LogP contribution in [0, 0.1) is 0 Å². The molecule has 2 nitrogen and oxygen atoms in total. The van der Waals surface area contributed by atoms with Gasteiger partial charge in [-0.3, -0.25) is 0 Å². The van der Waals surface area contributed by atoms with E-state index < -0.39 is 0 Å². The van der Waals surface area contributed by atoms with Gasteiger partial charge in [0.1, 0.15) is 7.85 Å². The molecule has 1 heterocycles. The van der Waals surface area contributed by atoms with Crippen LogP contribution in [0.15, 0.2) is 79.2 Å².